The van der Waals surface area contributed by atoms with E-state index in [1.807, 2.05) is 12.3 Å². The second kappa shape index (κ2) is 9.71. The molecule has 2 amide bonds. The van der Waals surface area contributed by atoms with Crippen molar-refractivity contribution in [1.82, 2.24) is 9.88 Å². The summed E-state index contributed by atoms with van der Waals surface area (Å²) < 4.78 is 16.2. The number of amides is 2. The first-order valence-corrected chi connectivity index (χ1v) is 10.2. The Morgan fingerprint density at radius 3 is 2.79 bits per heavy atom. The highest BCUT2D eigenvalue weighted by Gasteiger charge is 2.27. The molecular formula is C20H25N3O5S. The Hall–Kier alpha value is -2.65. The predicted molar refractivity (Wildman–Crippen MR) is 110 cm³/mol. The maximum absolute atomic E-state index is 13.3. The number of anilines is 1. The number of ether oxygens (including phenoxy) is 3. The Labute approximate surface area is 173 Å². The van der Waals surface area contributed by atoms with Gasteiger partial charge in [0.25, 0.3) is 5.91 Å². The maximum Gasteiger partial charge on any atom is 0.258 e. The molecule has 0 bridgehead atoms. The third-order valence-electron chi connectivity index (χ3n) is 4.57. The van der Waals surface area contributed by atoms with Gasteiger partial charge in [-0.3, -0.25) is 9.59 Å². The minimum Gasteiger partial charge on any atom is -0.497 e. The lowest BCUT2D eigenvalue weighted by atomic mass is 10.1. The lowest BCUT2D eigenvalue weighted by Gasteiger charge is -2.25. The molecule has 1 atom stereocenters. The lowest BCUT2D eigenvalue weighted by molar-refractivity contribution is -0.117. The molecule has 9 heteroatoms. The first kappa shape index (κ1) is 21.1. The number of nitrogens with one attached hydrogen (secondary N) is 1. The highest BCUT2D eigenvalue weighted by atomic mass is 32.1. The van der Waals surface area contributed by atoms with Crippen LogP contribution in [-0.2, 0) is 9.53 Å². The van der Waals surface area contributed by atoms with E-state index in [2.05, 4.69) is 10.3 Å². The molecule has 0 spiro atoms. The number of benzene rings is 1. The monoisotopic (exact) mass is 419 g/mol. The van der Waals surface area contributed by atoms with Crippen LogP contribution in [0.1, 0.15) is 28.9 Å². The van der Waals surface area contributed by atoms with Crippen LogP contribution < -0.4 is 14.8 Å². The molecule has 0 saturated carbocycles. The van der Waals surface area contributed by atoms with E-state index in [4.69, 9.17) is 14.2 Å². The second-order valence-corrected chi connectivity index (χ2v) is 7.59. The quantitative estimate of drug-likeness (QED) is 0.708. The number of hydrogen-bond acceptors (Lipinski definition) is 7. The average molecular weight is 420 g/mol. The molecule has 1 unspecified atom stereocenters. The van der Waals surface area contributed by atoms with E-state index in [0.717, 1.165) is 18.5 Å². The number of rotatable bonds is 8. The Kier molecular flexibility index (Phi) is 7.05. The highest BCUT2D eigenvalue weighted by molar-refractivity contribution is 7.13. The van der Waals surface area contributed by atoms with Gasteiger partial charge < -0.3 is 24.4 Å². The molecule has 8 nitrogen and oxygen atoms in total. The van der Waals surface area contributed by atoms with Gasteiger partial charge in [-0.15, -0.1) is 11.3 Å². The number of methoxy groups -OCH3 is 2. The number of nitrogens with zero attached hydrogens (tertiary/aromatic N) is 2. The van der Waals surface area contributed by atoms with Crippen molar-refractivity contribution in [3.63, 3.8) is 0 Å². The Morgan fingerprint density at radius 2 is 2.17 bits per heavy atom. The van der Waals surface area contributed by atoms with Crippen molar-refractivity contribution in [1.29, 1.82) is 0 Å². The second-order valence-electron chi connectivity index (χ2n) is 6.73. The zero-order valence-electron chi connectivity index (χ0n) is 16.8. The van der Waals surface area contributed by atoms with Crippen LogP contribution in [0.5, 0.6) is 11.5 Å². The van der Waals surface area contributed by atoms with Crippen molar-refractivity contribution in [3.8, 4) is 11.5 Å². The van der Waals surface area contributed by atoms with Crippen molar-refractivity contribution in [2.45, 2.75) is 25.9 Å². The fourth-order valence-electron chi connectivity index (χ4n) is 3.14. The summed E-state index contributed by atoms with van der Waals surface area (Å²) in [6, 6.07) is 4.99. The molecule has 1 saturated heterocycles. The fourth-order valence-corrected chi connectivity index (χ4v) is 3.85. The van der Waals surface area contributed by atoms with Crippen LogP contribution in [0, 0.1) is 6.92 Å². The summed E-state index contributed by atoms with van der Waals surface area (Å²) in [5.41, 5.74) is 1.20. The standard InChI is InChI=1S/C20H25N3O5S/c1-13-12-29-20(21-13)22-18(24)11-23(10-15-5-4-8-28-15)19(25)16-7-6-14(26-2)9-17(16)27-3/h6-7,9,12,15H,4-5,8,10-11H2,1-3H3,(H,21,22,24). The molecule has 29 heavy (non-hydrogen) atoms. The van der Waals surface area contributed by atoms with Gasteiger partial charge in [0.2, 0.25) is 5.91 Å². The smallest absolute Gasteiger partial charge is 0.258 e. The zero-order valence-corrected chi connectivity index (χ0v) is 17.6. The summed E-state index contributed by atoms with van der Waals surface area (Å²) in [6.45, 7) is 2.75. The zero-order chi connectivity index (χ0) is 20.8. The van der Waals surface area contributed by atoms with Gasteiger partial charge in [-0.2, -0.15) is 0 Å². The molecule has 1 aliphatic rings. The van der Waals surface area contributed by atoms with Crippen molar-refractivity contribution < 1.29 is 23.8 Å². The molecular weight excluding hydrogens is 394 g/mol. The van der Waals surface area contributed by atoms with Gasteiger partial charge in [-0.1, -0.05) is 0 Å². The van der Waals surface area contributed by atoms with Crippen molar-refractivity contribution in [2.24, 2.45) is 0 Å². The van der Waals surface area contributed by atoms with Crippen LogP contribution in [0.2, 0.25) is 0 Å². The Morgan fingerprint density at radius 1 is 1.34 bits per heavy atom. The molecule has 1 N–H and O–H groups in total. The number of thiazole rings is 1. The van der Waals surface area contributed by atoms with E-state index in [1.165, 1.54) is 23.3 Å². The van der Waals surface area contributed by atoms with Gasteiger partial charge in [0.15, 0.2) is 5.13 Å². The maximum atomic E-state index is 13.3. The van der Waals surface area contributed by atoms with Crippen molar-refractivity contribution in [3.05, 3.63) is 34.8 Å². The Balaban J connectivity index is 1.78. The van der Waals surface area contributed by atoms with Crippen LogP contribution in [0.25, 0.3) is 0 Å². The SMILES string of the molecule is COc1ccc(C(=O)N(CC(=O)Nc2nc(C)cs2)CC2CCCO2)c(OC)c1. The number of aryl methyl sites for hydroxylation is 1. The minimum absolute atomic E-state index is 0.0851. The minimum atomic E-state index is -0.307. The molecule has 156 valence electrons. The predicted octanol–water partition coefficient (Wildman–Crippen LogP) is 2.73. The average Bonchev–Trinajstić information content (AvgIpc) is 3.38. The molecule has 1 aromatic carbocycles. The number of carbonyl (C=O) groups is 2. The third kappa shape index (κ3) is 5.45. The molecule has 2 aromatic rings. The van der Waals surface area contributed by atoms with E-state index < -0.39 is 0 Å². The summed E-state index contributed by atoms with van der Waals surface area (Å²) in [7, 11) is 3.04. The van der Waals surface area contributed by atoms with E-state index in [0.29, 0.717) is 35.3 Å². The van der Waals surface area contributed by atoms with E-state index in [-0.39, 0.29) is 24.5 Å². The van der Waals surface area contributed by atoms with Crippen LogP contribution >= 0.6 is 11.3 Å². The fraction of sp³-hybridized carbons (Fsp3) is 0.450. The first-order chi connectivity index (χ1) is 14.0. The highest BCUT2D eigenvalue weighted by Crippen LogP contribution is 2.26. The largest absolute Gasteiger partial charge is 0.497 e. The van der Waals surface area contributed by atoms with Crippen molar-refractivity contribution in [2.75, 3.05) is 39.2 Å². The molecule has 2 heterocycles. The van der Waals surface area contributed by atoms with Crippen LogP contribution in [-0.4, -0.2) is 61.7 Å². The topological polar surface area (TPSA) is 90.0 Å². The van der Waals surface area contributed by atoms with Gasteiger partial charge in [-0.05, 0) is 31.9 Å². The van der Waals surface area contributed by atoms with Crippen LogP contribution in [0.4, 0.5) is 5.13 Å². The van der Waals surface area contributed by atoms with E-state index >= 15 is 0 Å². The first-order valence-electron chi connectivity index (χ1n) is 9.35. The summed E-state index contributed by atoms with van der Waals surface area (Å²) in [4.78, 5) is 31.6. The number of aromatic nitrogens is 1. The van der Waals surface area contributed by atoms with Gasteiger partial charge in [0, 0.05) is 24.6 Å². The van der Waals surface area contributed by atoms with Crippen LogP contribution in [0.3, 0.4) is 0 Å². The van der Waals surface area contributed by atoms with Crippen molar-refractivity contribution >= 4 is 28.3 Å². The molecule has 1 fully saturated rings. The van der Waals surface area contributed by atoms with E-state index in [9.17, 15) is 9.59 Å². The normalized spacial score (nSPS) is 15.8. The molecule has 3 rings (SSSR count). The van der Waals surface area contributed by atoms with Gasteiger partial charge in [0.05, 0.1) is 31.6 Å². The van der Waals surface area contributed by atoms with Gasteiger partial charge in [-0.25, -0.2) is 4.98 Å². The molecule has 1 aliphatic heterocycles. The van der Waals surface area contributed by atoms with Gasteiger partial charge in [0.1, 0.15) is 18.0 Å². The summed E-state index contributed by atoms with van der Waals surface area (Å²) in [5.74, 6) is 0.368. The summed E-state index contributed by atoms with van der Waals surface area (Å²) in [5, 5.41) is 5.12. The summed E-state index contributed by atoms with van der Waals surface area (Å²) in [6.07, 6.45) is 1.72. The van der Waals surface area contributed by atoms with Crippen LogP contribution in [0.15, 0.2) is 23.6 Å². The molecule has 0 aliphatic carbocycles. The molecule has 1 aromatic heterocycles. The molecule has 0 radical (unpaired) electrons. The number of hydrogen-bond donors (Lipinski definition) is 1. The van der Waals surface area contributed by atoms with Gasteiger partial charge >= 0.3 is 0 Å². The summed E-state index contributed by atoms with van der Waals surface area (Å²) >= 11 is 1.35. The Bertz CT molecular complexity index is 864. The number of carbonyl (C=O) groups excluding carboxylic acids is 2. The third-order valence-corrected chi connectivity index (χ3v) is 5.45. The lowest BCUT2D eigenvalue weighted by Crippen LogP contribution is -2.42. The van der Waals surface area contributed by atoms with E-state index in [1.54, 1.807) is 25.3 Å².